The molecule has 1 N–H and O–H groups in total. The molecule has 1 aliphatic heterocycles. The lowest BCUT2D eigenvalue weighted by Crippen LogP contribution is -2.41. The van der Waals surface area contributed by atoms with Crippen LogP contribution < -0.4 is 5.32 Å². The molecule has 3 atom stereocenters. The Morgan fingerprint density at radius 2 is 1.70 bits per heavy atom. The Bertz CT molecular complexity index is 677. The highest BCUT2D eigenvalue weighted by Gasteiger charge is 2.57. The van der Waals surface area contributed by atoms with E-state index in [1.54, 1.807) is 0 Å². The molecule has 27 heavy (non-hydrogen) atoms. The van der Waals surface area contributed by atoms with Gasteiger partial charge < -0.3 is 10.2 Å². The molecule has 2 amide bonds. The van der Waals surface area contributed by atoms with E-state index in [-0.39, 0.29) is 23.1 Å². The predicted octanol–water partition coefficient (Wildman–Crippen LogP) is 3.71. The molecule has 148 valence electrons. The van der Waals surface area contributed by atoms with Crippen molar-refractivity contribution in [1.82, 2.24) is 10.2 Å². The summed E-state index contributed by atoms with van der Waals surface area (Å²) in [5.74, 6) is 1.96. The van der Waals surface area contributed by atoms with Gasteiger partial charge in [0.15, 0.2) is 0 Å². The Labute approximate surface area is 163 Å². The molecular formula is C23H34N2O2. The zero-order chi connectivity index (χ0) is 19.8. The van der Waals surface area contributed by atoms with E-state index in [0.29, 0.717) is 30.7 Å². The van der Waals surface area contributed by atoms with Crippen LogP contribution in [0.4, 0.5) is 0 Å². The van der Waals surface area contributed by atoms with Gasteiger partial charge in [0, 0.05) is 26.1 Å². The second-order valence-electron chi connectivity index (χ2n) is 9.23. The first-order valence-electron chi connectivity index (χ1n) is 10.4. The number of hydrogen-bond acceptors (Lipinski definition) is 2. The fourth-order valence-electron chi connectivity index (χ4n) is 4.43. The van der Waals surface area contributed by atoms with Gasteiger partial charge in [-0.25, -0.2) is 0 Å². The number of likely N-dealkylation sites (tertiary alicyclic amines) is 1. The molecule has 1 heterocycles. The average molecular weight is 371 g/mol. The van der Waals surface area contributed by atoms with Crippen molar-refractivity contribution in [2.45, 2.75) is 58.8 Å². The van der Waals surface area contributed by atoms with E-state index in [0.717, 1.165) is 19.5 Å². The minimum atomic E-state index is -0.0949. The molecule has 1 saturated heterocycles. The zero-order valence-electron chi connectivity index (χ0n) is 17.4. The molecule has 1 saturated carbocycles. The number of rotatable bonds is 6. The topological polar surface area (TPSA) is 49.4 Å². The van der Waals surface area contributed by atoms with Gasteiger partial charge in [0.25, 0.3) is 0 Å². The number of amides is 2. The Morgan fingerprint density at radius 1 is 1.11 bits per heavy atom. The molecule has 3 unspecified atom stereocenters. The van der Waals surface area contributed by atoms with Crippen LogP contribution in [-0.4, -0.2) is 36.3 Å². The molecule has 1 aliphatic carbocycles. The van der Waals surface area contributed by atoms with Gasteiger partial charge in [0.05, 0.1) is 5.92 Å². The lowest BCUT2D eigenvalue weighted by atomic mass is 9.86. The first kappa shape index (κ1) is 19.9. The maximum Gasteiger partial charge on any atom is 0.227 e. The highest BCUT2D eigenvalue weighted by atomic mass is 16.2. The van der Waals surface area contributed by atoms with E-state index < -0.39 is 0 Å². The van der Waals surface area contributed by atoms with Crippen LogP contribution in [0.15, 0.2) is 24.3 Å². The van der Waals surface area contributed by atoms with Crippen LogP contribution in [-0.2, 0) is 15.0 Å². The number of carbonyl (C=O) groups excluding carboxylic acids is 2. The van der Waals surface area contributed by atoms with Crippen LogP contribution in [0.25, 0.3) is 0 Å². The van der Waals surface area contributed by atoms with E-state index in [9.17, 15) is 9.59 Å². The SMILES string of the molecule is CCC(=O)NCC(CC)C(=O)N1CC2C(C1)C2c1ccc(C(C)(C)C)cc1. The number of hydrogen-bond donors (Lipinski definition) is 1. The normalized spacial score (nSPS) is 25.1. The molecule has 4 nitrogen and oxygen atoms in total. The molecule has 3 rings (SSSR count). The lowest BCUT2D eigenvalue weighted by Gasteiger charge is -2.25. The Hall–Kier alpha value is -1.84. The molecule has 2 fully saturated rings. The maximum atomic E-state index is 12.8. The fraction of sp³-hybridized carbons (Fsp3) is 0.652. The molecular weight excluding hydrogens is 336 g/mol. The van der Waals surface area contributed by atoms with E-state index >= 15 is 0 Å². The van der Waals surface area contributed by atoms with Crippen LogP contribution in [0, 0.1) is 17.8 Å². The van der Waals surface area contributed by atoms with Gasteiger partial charge in [-0.15, -0.1) is 0 Å². The summed E-state index contributed by atoms with van der Waals surface area (Å²) in [4.78, 5) is 26.3. The van der Waals surface area contributed by atoms with E-state index in [1.165, 1.54) is 11.1 Å². The van der Waals surface area contributed by atoms with Crippen molar-refractivity contribution >= 4 is 11.8 Å². The Kier molecular flexibility index (Phi) is 5.64. The summed E-state index contributed by atoms with van der Waals surface area (Å²) < 4.78 is 0. The van der Waals surface area contributed by atoms with Gasteiger partial charge in [0.1, 0.15) is 0 Å². The third-order valence-electron chi connectivity index (χ3n) is 6.38. The molecule has 1 aromatic rings. The summed E-state index contributed by atoms with van der Waals surface area (Å²) in [6.45, 7) is 12.8. The van der Waals surface area contributed by atoms with Gasteiger partial charge in [-0.05, 0) is 40.7 Å². The van der Waals surface area contributed by atoms with Crippen molar-refractivity contribution in [2.24, 2.45) is 17.8 Å². The van der Waals surface area contributed by atoms with Gasteiger partial charge in [-0.2, -0.15) is 0 Å². The zero-order valence-corrected chi connectivity index (χ0v) is 17.4. The molecule has 0 aromatic heterocycles. The average Bonchev–Trinajstić information content (AvgIpc) is 3.14. The van der Waals surface area contributed by atoms with Crippen LogP contribution in [0.5, 0.6) is 0 Å². The third-order valence-corrected chi connectivity index (χ3v) is 6.38. The fourth-order valence-corrected chi connectivity index (χ4v) is 4.43. The first-order chi connectivity index (χ1) is 12.8. The lowest BCUT2D eigenvalue weighted by molar-refractivity contribution is -0.135. The quantitative estimate of drug-likeness (QED) is 0.830. The van der Waals surface area contributed by atoms with Gasteiger partial charge in [-0.1, -0.05) is 58.9 Å². The van der Waals surface area contributed by atoms with Crippen molar-refractivity contribution < 1.29 is 9.59 Å². The summed E-state index contributed by atoms with van der Waals surface area (Å²) in [6.07, 6.45) is 1.24. The van der Waals surface area contributed by atoms with Gasteiger partial charge >= 0.3 is 0 Å². The predicted molar refractivity (Wildman–Crippen MR) is 109 cm³/mol. The molecule has 0 radical (unpaired) electrons. The molecule has 4 heteroatoms. The number of benzene rings is 1. The van der Waals surface area contributed by atoms with Crippen molar-refractivity contribution in [2.75, 3.05) is 19.6 Å². The van der Waals surface area contributed by atoms with Crippen LogP contribution in [0.3, 0.4) is 0 Å². The minimum Gasteiger partial charge on any atom is -0.355 e. The summed E-state index contributed by atoms with van der Waals surface area (Å²) in [5.41, 5.74) is 2.98. The van der Waals surface area contributed by atoms with Crippen LogP contribution in [0.1, 0.15) is 64.5 Å². The molecule has 2 aliphatic rings. The Morgan fingerprint density at radius 3 is 2.19 bits per heavy atom. The second kappa shape index (κ2) is 7.65. The maximum absolute atomic E-state index is 12.8. The van der Waals surface area contributed by atoms with Crippen molar-refractivity contribution in [3.63, 3.8) is 0 Å². The third kappa shape index (κ3) is 4.20. The number of piperidine rings is 1. The van der Waals surface area contributed by atoms with Crippen molar-refractivity contribution in [1.29, 1.82) is 0 Å². The number of fused-ring (bicyclic) bond motifs is 1. The highest BCUT2D eigenvalue weighted by molar-refractivity contribution is 5.81. The summed E-state index contributed by atoms with van der Waals surface area (Å²) in [6, 6.07) is 9.08. The molecule has 0 spiro atoms. The van der Waals surface area contributed by atoms with Crippen LogP contribution in [0.2, 0.25) is 0 Å². The minimum absolute atomic E-state index is 0.0179. The van der Waals surface area contributed by atoms with Gasteiger partial charge in [0.2, 0.25) is 11.8 Å². The van der Waals surface area contributed by atoms with E-state index in [4.69, 9.17) is 0 Å². The van der Waals surface area contributed by atoms with E-state index in [1.807, 2.05) is 18.7 Å². The summed E-state index contributed by atoms with van der Waals surface area (Å²) in [5, 5.41) is 2.88. The molecule has 1 aromatic carbocycles. The second-order valence-corrected chi connectivity index (χ2v) is 9.23. The number of nitrogens with zero attached hydrogens (tertiary/aromatic N) is 1. The Balaban J connectivity index is 1.54. The van der Waals surface area contributed by atoms with Gasteiger partial charge in [-0.3, -0.25) is 9.59 Å². The van der Waals surface area contributed by atoms with E-state index in [2.05, 4.69) is 50.4 Å². The summed E-state index contributed by atoms with van der Waals surface area (Å²) in [7, 11) is 0. The highest BCUT2D eigenvalue weighted by Crippen LogP contribution is 2.58. The largest absolute Gasteiger partial charge is 0.355 e. The molecule has 0 bridgehead atoms. The monoisotopic (exact) mass is 370 g/mol. The number of nitrogens with one attached hydrogen (secondary N) is 1. The smallest absolute Gasteiger partial charge is 0.227 e. The standard InChI is InChI=1S/C23H34N2O2/c1-6-15(12-24-20(26)7-2)22(27)25-13-18-19(14-25)21(18)16-8-10-17(11-9-16)23(3,4)5/h8-11,15,18-19,21H,6-7,12-14H2,1-5H3,(H,24,26). The van der Waals surface area contributed by atoms with Crippen LogP contribution >= 0.6 is 0 Å². The van der Waals surface area contributed by atoms with Crippen molar-refractivity contribution in [3.05, 3.63) is 35.4 Å². The first-order valence-corrected chi connectivity index (χ1v) is 10.4. The number of carbonyl (C=O) groups is 2. The van der Waals surface area contributed by atoms with Crippen molar-refractivity contribution in [3.8, 4) is 0 Å². The summed E-state index contributed by atoms with van der Waals surface area (Å²) >= 11 is 0.